The van der Waals surface area contributed by atoms with Crippen LogP contribution in [0.4, 0.5) is 0 Å². The summed E-state index contributed by atoms with van der Waals surface area (Å²) in [5, 5.41) is 0. The lowest BCUT2D eigenvalue weighted by atomic mass is 9.68. The van der Waals surface area contributed by atoms with Gasteiger partial charge in [0, 0.05) is 5.92 Å². The van der Waals surface area contributed by atoms with Crippen LogP contribution >= 0.6 is 11.8 Å². The first-order valence-corrected chi connectivity index (χ1v) is 7.12. The fourth-order valence-corrected chi connectivity index (χ4v) is 2.97. The van der Waals surface area contributed by atoms with E-state index in [9.17, 15) is 0 Å². The standard InChI is InChI=1S/C15H24S/c1-6-16-13(3)9-10-14-12(2)8-7-11-15(14,4)5/h8-10,14H,3,6-7,11H2,1-2,4-5H3. The van der Waals surface area contributed by atoms with Gasteiger partial charge in [-0.15, -0.1) is 11.8 Å². The third-order valence-corrected chi connectivity index (χ3v) is 4.19. The predicted octanol–water partition coefficient (Wildman–Crippen LogP) is 5.19. The molecule has 1 rings (SSSR count). The van der Waals surface area contributed by atoms with Gasteiger partial charge >= 0.3 is 0 Å². The zero-order chi connectivity index (χ0) is 12.2. The largest absolute Gasteiger partial charge is 0.127 e. The molecule has 0 aromatic carbocycles. The Bertz CT molecular complexity index is 307. The SMILES string of the molecule is C=C(C=CC1C(C)=CCCC1(C)C)SCC. The first-order chi connectivity index (χ1) is 7.47. The summed E-state index contributed by atoms with van der Waals surface area (Å²) in [5.41, 5.74) is 1.91. The minimum absolute atomic E-state index is 0.395. The molecule has 0 bridgehead atoms. The van der Waals surface area contributed by atoms with E-state index in [1.54, 1.807) is 0 Å². The van der Waals surface area contributed by atoms with Crippen molar-refractivity contribution in [3.8, 4) is 0 Å². The molecule has 0 nitrogen and oxygen atoms in total. The van der Waals surface area contributed by atoms with Crippen molar-refractivity contribution in [1.29, 1.82) is 0 Å². The summed E-state index contributed by atoms with van der Waals surface area (Å²) in [7, 11) is 0. The molecule has 1 heteroatoms. The molecule has 0 fully saturated rings. The topological polar surface area (TPSA) is 0 Å². The molecule has 16 heavy (non-hydrogen) atoms. The Kier molecular flexibility index (Phi) is 4.91. The number of thioether (sulfide) groups is 1. The molecule has 1 aliphatic carbocycles. The van der Waals surface area contributed by atoms with Gasteiger partial charge in [-0.1, -0.05) is 51.2 Å². The lowest BCUT2D eigenvalue weighted by Crippen LogP contribution is -2.26. The Balaban J connectivity index is 2.73. The Hall–Kier alpha value is -0.430. The minimum Gasteiger partial charge on any atom is -0.127 e. The molecule has 90 valence electrons. The lowest BCUT2D eigenvalue weighted by Gasteiger charge is -2.36. The van der Waals surface area contributed by atoms with E-state index in [1.165, 1.54) is 23.3 Å². The van der Waals surface area contributed by atoms with Crippen LogP contribution in [0.5, 0.6) is 0 Å². The van der Waals surface area contributed by atoms with Crippen LogP contribution in [-0.2, 0) is 0 Å². The summed E-state index contributed by atoms with van der Waals surface area (Å²) >= 11 is 1.82. The third-order valence-electron chi connectivity index (χ3n) is 3.39. The minimum atomic E-state index is 0.395. The van der Waals surface area contributed by atoms with E-state index in [4.69, 9.17) is 0 Å². The summed E-state index contributed by atoms with van der Waals surface area (Å²) in [6.45, 7) is 13.2. The Morgan fingerprint density at radius 3 is 2.88 bits per heavy atom. The summed E-state index contributed by atoms with van der Waals surface area (Å²) in [6, 6.07) is 0. The highest BCUT2D eigenvalue weighted by atomic mass is 32.2. The van der Waals surface area contributed by atoms with Gasteiger partial charge in [0.05, 0.1) is 0 Å². The summed E-state index contributed by atoms with van der Waals surface area (Å²) in [6.07, 6.45) is 9.44. The summed E-state index contributed by atoms with van der Waals surface area (Å²) in [4.78, 5) is 1.18. The van der Waals surface area contributed by atoms with E-state index in [2.05, 4.69) is 52.5 Å². The van der Waals surface area contributed by atoms with Gasteiger partial charge in [0.2, 0.25) is 0 Å². The van der Waals surface area contributed by atoms with E-state index >= 15 is 0 Å². The maximum absolute atomic E-state index is 4.06. The van der Waals surface area contributed by atoms with Crippen LogP contribution in [0.3, 0.4) is 0 Å². The van der Waals surface area contributed by atoms with Crippen molar-refractivity contribution in [2.75, 3.05) is 5.75 Å². The van der Waals surface area contributed by atoms with E-state index in [-0.39, 0.29) is 0 Å². The van der Waals surface area contributed by atoms with Gasteiger partial charge in [-0.05, 0) is 35.8 Å². The van der Waals surface area contributed by atoms with Crippen molar-refractivity contribution >= 4 is 11.8 Å². The molecular formula is C15H24S. The molecule has 0 heterocycles. The van der Waals surface area contributed by atoms with E-state index in [1.807, 2.05) is 11.8 Å². The summed E-state index contributed by atoms with van der Waals surface area (Å²) < 4.78 is 0. The van der Waals surface area contributed by atoms with E-state index in [0.717, 1.165) is 5.75 Å². The van der Waals surface area contributed by atoms with Gasteiger partial charge in [-0.3, -0.25) is 0 Å². The zero-order valence-corrected chi connectivity index (χ0v) is 11.9. The van der Waals surface area contributed by atoms with Crippen LogP contribution in [0, 0.1) is 11.3 Å². The first-order valence-electron chi connectivity index (χ1n) is 6.14. The smallest absolute Gasteiger partial charge is 0.00288 e. The summed E-state index contributed by atoms with van der Waals surface area (Å²) in [5.74, 6) is 1.68. The van der Waals surface area contributed by atoms with Crippen LogP contribution in [-0.4, -0.2) is 5.75 Å². The highest BCUT2D eigenvalue weighted by molar-refractivity contribution is 8.03. The molecule has 0 spiro atoms. The maximum Gasteiger partial charge on any atom is 0.00288 e. The fraction of sp³-hybridized carbons (Fsp3) is 0.600. The molecule has 0 aromatic rings. The van der Waals surface area contributed by atoms with Crippen molar-refractivity contribution in [3.63, 3.8) is 0 Å². The Morgan fingerprint density at radius 1 is 1.62 bits per heavy atom. The van der Waals surface area contributed by atoms with Crippen molar-refractivity contribution < 1.29 is 0 Å². The van der Waals surface area contributed by atoms with Crippen molar-refractivity contribution in [1.82, 2.24) is 0 Å². The quantitative estimate of drug-likeness (QED) is 0.478. The van der Waals surface area contributed by atoms with Gasteiger partial charge in [0.25, 0.3) is 0 Å². The van der Waals surface area contributed by atoms with Crippen LogP contribution in [0.1, 0.15) is 40.5 Å². The molecule has 1 unspecified atom stereocenters. The third kappa shape index (κ3) is 3.55. The first kappa shape index (κ1) is 13.6. The van der Waals surface area contributed by atoms with Crippen molar-refractivity contribution in [3.05, 3.63) is 35.3 Å². The van der Waals surface area contributed by atoms with Crippen LogP contribution in [0.15, 0.2) is 35.3 Å². The second-order valence-corrected chi connectivity index (χ2v) is 6.60. The molecule has 0 radical (unpaired) electrons. The molecule has 0 aliphatic heterocycles. The van der Waals surface area contributed by atoms with Crippen molar-refractivity contribution in [2.24, 2.45) is 11.3 Å². The van der Waals surface area contributed by atoms with Crippen LogP contribution in [0.25, 0.3) is 0 Å². The number of rotatable bonds is 4. The normalized spacial score (nSPS) is 24.5. The van der Waals surface area contributed by atoms with Crippen LogP contribution < -0.4 is 0 Å². The average molecular weight is 236 g/mol. The van der Waals surface area contributed by atoms with Gasteiger partial charge < -0.3 is 0 Å². The molecule has 0 amide bonds. The molecule has 1 atom stereocenters. The van der Waals surface area contributed by atoms with Gasteiger partial charge in [0.15, 0.2) is 0 Å². The molecule has 0 saturated heterocycles. The number of allylic oxidation sites excluding steroid dienone is 4. The number of hydrogen-bond donors (Lipinski definition) is 0. The number of hydrogen-bond acceptors (Lipinski definition) is 1. The van der Waals surface area contributed by atoms with Gasteiger partial charge in [0.1, 0.15) is 0 Å². The van der Waals surface area contributed by atoms with Crippen molar-refractivity contribution in [2.45, 2.75) is 40.5 Å². The predicted molar refractivity (Wildman–Crippen MR) is 76.7 cm³/mol. The highest BCUT2D eigenvalue weighted by Crippen LogP contribution is 2.41. The molecule has 0 aromatic heterocycles. The average Bonchev–Trinajstić information content (AvgIpc) is 2.16. The Labute approximate surface area is 105 Å². The van der Waals surface area contributed by atoms with Crippen LogP contribution in [0.2, 0.25) is 0 Å². The molecule has 0 N–H and O–H groups in total. The highest BCUT2D eigenvalue weighted by Gasteiger charge is 2.30. The van der Waals surface area contributed by atoms with Gasteiger partial charge in [-0.25, -0.2) is 0 Å². The maximum atomic E-state index is 4.06. The fourth-order valence-electron chi connectivity index (χ4n) is 2.42. The second-order valence-electron chi connectivity index (χ2n) is 5.21. The second kappa shape index (κ2) is 5.77. The van der Waals surface area contributed by atoms with E-state index < -0.39 is 0 Å². The van der Waals surface area contributed by atoms with E-state index in [0.29, 0.717) is 11.3 Å². The molecular weight excluding hydrogens is 212 g/mol. The van der Waals surface area contributed by atoms with Gasteiger partial charge in [-0.2, -0.15) is 0 Å². The Morgan fingerprint density at radius 2 is 2.31 bits per heavy atom. The molecule has 0 saturated carbocycles. The monoisotopic (exact) mass is 236 g/mol. The molecule has 1 aliphatic rings. The lowest BCUT2D eigenvalue weighted by molar-refractivity contribution is 0.255. The zero-order valence-electron chi connectivity index (χ0n) is 11.0.